The van der Waals surface area contributed by atoms with E-state index in [2.05, 4.69) is 32.5 Å². The zero-order valence-electron chi connectivity index (χ0n) is 14.8. The summed E-state index contributed by atoms with van der Waals surface area (Å²) >= 11 is 0. The summed E-state index contributed by atoms with van der Waals surface area (Å²) in [4.78, 5) is 43.3. The van der Waals surface area contributed by atoms with Crippen LogP contribution in [-0.2, 0) is 11.3 Å². The van der Waals surface area contributed by atoms with Gasteiger partial charge in [0.2, 0.25) is 0 Å². The molecular weight excluding hydrogens is 362 g/mol. The van der Waals surface area contributed by atoms with Crippen molar-refractivity contribution in [1.82, 2.24) is 20.6 Å². The molecule has 3 aliphatic rings. The molecule has 0 saturated carbocycles. The van der Waals surface area contributed by atoms with E-state index in [1.165, 1.54) is 0 Å². The maximum Gasteiger partial charge on any atom is 0.287 e. The smallest absolute Gasteiger partial charge is 0.287 e. The Bertz CT molecular complexity index is 1110. The lowest BCUT2D eigenvalue weighted by molar-refractivity contribution is -0.118. The summed E-state index contributed by atoms with van der Waals surface area (Å²) < 4.78 is 5.31. The van der Waals surface area contributed by atoms with Gasteiger partial charge in [-0.1, -0.05) is 18.2 Å². The second kappa shape index (κ2) is 6.03. The second-order valence-corrected chi connectivity index (χ2v) is 7.08. The van der Waals surface area contributed by atoms with Gasteiger partial charge in [0.05, 0.1) is 29.0 Å². The molecule has 142 valence electrons. The van der Waals surface area contributed by atoms with Crippen molar-refractivity contribution in [2.45, 2.75) is 25.0 Å². The first-order chi connectivity index (χ1) is 13.5. The Balaban J connectivity index is 1.33. The standard InChI is InChI=1S/C19H17N5O4/c1-8-4-11-16-14(15(8)22-11)18(26)24-17(23-16)19(27)20-6-9-2-3-12-10(5-9)21-13(25)7-28-12/h2-3,5,11,15,22H,1,4,6-7H2,(H,20,27)(H,21,25)(H,23,24,26). The van der Waals surface area contributed by atoms with E-state index in [0.29, 0.717) is 22.7 Å². The Labute approximate surface area is 159 Å². The summed E-state index contributed by atoms with van der Waals surface area (Å²) in [6.45, 7) is 4.18. The number of aromatic nitrogens is 2. The van der Waals surface area contributed by atoms with E-state index < -0.39 is 5.91 Å². The third-order valence-corrected chi connectivity index (χ3v) is 5.19. The van der Waals surface area contributed by atoms with Gasteiger partial charge in [-0.3, -0.25) is 19.7 Å². The van der Waals surface area contributed by atoms with Gasteiger partial charge in [-0.25, -0.2) is 4.98 Å². The number of ether oxygens (including phenoxy) is 1. The van der Waals surface area contributed by atoms with E-state index in [-0.39, 0.29) is 42.5 Å². The number of anilines is 1. The molecule has 2 unspecified atom stereocenters. The number of nitrogens with one attached hydrogen (secondary N) is 4. The fourth-order valence-electron chi connectivity index (χ4n) is 3.88. The lowest BCUT2D eigenvalue weighted by Crippen LogP contribution is -2.30. The Morgan fingerprint density at radius 2 is 2.21 bits per heavy atom. The van der Waals surface area contributed by atoms with Gasteiger partial charge in [0.15, 0.2) is 12.4 Å². The molecule has 2 aromatic rings. The molecular formula is C19H17N5O4. The minimum absolute atomic E-state index is 0.00943. The summed E-state index contributed by atoms with van der Waals surface area (Å²) in [7, 11) is 0. The molecule has 4 heterocycles. The number of aromatic amines is 1. The second-order valence-electron chi connectivity index (χ2n) is 7.08. The molecule has 2 atom stereocenters. The largest absolute Gasteiger partial charge is 0.482 e. The first-order valence-electron chi connectivity index (χ1n) is 8.91. The topological polar surface area (TPSA) is 125 Å². The van der Waals surface area contributed by atoms with Crippen molar-refractivity contribution in [2.24, 2.45) is 0 Å². The molecule has 1 aromatic carbocycles. The van der Waals surface area contributed by atoms with Gasteiger partial charge in [-0.2, -0.15) is 0 Å². The van der Waals surface area contributed by atoms with Gasteiger partial charge >= 0.3 is 0 Å². The van der Waals surface area contributed by atoms with Crippen molar-refractivity contribution in [3.63, 3.8) is 0 Å². The van der Waals surface area contributed by atoms with Crippen LogP contribution in [0.1, 0.15) is 45.9 Å². The van der Waals surface area contributed by atoms with Crippen molar-refractivity contribution >= 4 is 17.5 Å². The SMILES string of the molecule is C=C1CC2NC1c1c2nc(C(=O)NCc2ccc3c(c2)NC(=O)CO3)[nH]c1=O. The molecule has 2 bridgehead atoms. The zero-order valence-corrected chi connectivity index (χ0v) is 14.8. The van der Waals surface area contributed by atoms with Crippen molar-refractivity contribution in [3.8, 4) is 5.75 Å². The minimum Gasteiger partial charge on any atom is -0.482 e. The molecule has 1 fully saturated rings. The number of carbonyl (C=O) groups is 2. The molecule has 9 nitrogen and oxygen atoms in total. The monoisotopic (exact) mass is 379 g/mol. The first kappa shape index (κ1) is 16.7. The molecule has 1 saturated heterocycles. The highest BCUT2D eigenvalue weighted by Crippen LogP contribution is 2.44. The van der Waals surface area contributed by atoms with Gasteiger partial charge in [-0.05, 0) is 24.1 Å². The lowest BCUT2D eigenvalue weighted by atomic mass is 9.93. The number of amides is 2. The molecule has 0 radical (unpaired) electrons. The number of benzene rings is 1. The highest BCUT2D eigenvalue weighted by molar-refractivity contribution is 5.95. The molecule has 9 heteroatoms. The average molecular weight is 379 g/mol. The van der Waals surface area contributed by atoms with Crippen LogP contribution in [0, 0.1) is 0 Å². The van der Waals surface area contributed by atoms with Crippen LogP contribution in [0.5, 0.6) is 5.75 Å². The summed E-state index contributed by atoms with van der Waals surface area (Å²) in [5.74, 6) is -0.125. The minimum atomic E-state index is -0.473. The van der Waals surface area contributed by atoms with Gasteiger partial charge in [0.1, 0.15) is 5.75 Å². The fraction of sp³-hybridized carbons (Fsp3) is 0.263. The summed E-state index contributed by atoms with van der Waals surface area (Å²) in [5.41, 5.74) is 3.17. The number of nitrogens with zero attached hydrogens (tertiary/aromatic N) is 1. The van der Waals surface area contributed by atoms with Gasteiger partial charge in [-0.15, -0.1) is 0 Å². The van der Waals surface area contributed by atoms with E-state index in [4.69, 9.17) is 4.74 Å². The molecule has 0 spiro atoms. The third kappa shape index (κ3) is 2.59. The number of fused-ring (bicyclic) bond motifs is 6. The van der Waals surface area contributed by atoms with Crippen molar-refractivity contribution in [2.75, 3.05) is 11.9 Å². The van der Waals surface area contributed by atoms with E-state index in [1.807, 2.05) is 0 Å². The molecule has 0 aliphatic carbocycles. The normalized spacial score (nSPS) is 21.6. The van der Waals surface area contributed by atoms with E-state index in [1.54, 1.807) is 18.2 Å². The van der Waals surface area contributed by atoms with Crippen molar-refractivity contribution in [1.29, 1.82) is 0 Å². The molecule has 28 heavy (non-hydrogen) atoms. The van der Waals surface area contributed by atoms with Crippen LogP contribution in [-0.4, -0.2) is 28.4 Å². The summed E-state index contributed by atoms with van der Waals surface area (Å²) in [6.07, 6.45) is 0.720. The third-order valence-electron chi connectivity index (χ3n) is 5.19. The lowest BCUT2D eigenvalue weighted by Gasteiger charge is -2.18. The summed E-state index contributed by atoms with van der Waals surface area (Å²) in [5, 5.41) is 8.75. The number of rotatable bonds is 3. The molecule has 4 N–H and O–H groups in total. The van der Waals surface area contributed by atoms with Crippen LogP contribution in [0.3, 0.4) is 0 Å². The fourth-order valence-corrected chi connectivity index (χ4v) is 3.88. The Morgan fingerprint density at radius 1 is 1.36 bits per heavy atom. The summed E-state index contributed by atoms with van der Waals surface area (Å²) in [6, 6.07) is 5.03. The van der Waals surface area contributed by atoms with Gasteiger partial charge in [0, 0.05) is 6.54 Å². The Hall–Kier alpha value is -3.46. The molecule has 3 aliphatic heterocycles. The van der Waals surface area contributed by atoms with E-state index >= 15 is 0 Å². The molecule has 2 amide bonds. The van der Waals surface area contributed by atoms with Crippen molar-refractivity contribution in [3.05, 3.63) is 63.4 Å². The maximum atomic E-state index is 12.5. The van der Waals surface area contributed by atoms with Crippen LogP contribution in [0.2, 0.25) is 0 Å². The Kier molecular flexibility index (Phi) is 3.59. The van der Waals surface area contributed by atoms with Crippen molar-refractivity contribution < 1.29 is 14.3 Å². The highest BCUT2D eigenvalue weighted by Gasteiger charge is 2.42. The van der Waals surface area contributed by atoms with E-state index in [0.717, 1.165) is 17.6 Å². The van der Waals surface area contributed by atoms with Crippen LogP contribution >= 0.6 is 0 Å². The van der Waals surface area contributed by atoms with E-state index in [9.17, 15) is 14.4 Å². The Morgan fingerprint density at radius 3 is 3.07 bits per heavy atom. The van der Waals surface area contributed by atoms with Crippen LogP contribution in [0.15, 0.2) is 35.1 Å². The quantitative estimate of drug-likeness (QED) is 0.581. The first-order valence-corrected chi connectivity index (χ1v) is 8.91. The predicted molar refractivity (Wildman–Crippen MR) is 99.0 cm³/mol. The predicted octanol–water partition coefficient (Wildman–Crippen LogP) is 0.676. The zero-order chi connectivity index (χ0) is 19.4. The number of hydrogen-bond acceptors (Lipinski definition) is 6. The number of carbonyl (C=O) groups excluding carboxylic acids is 2. The molecule has 5 rings (SSSR count). The van der Waals surface area contributed by atoms with Crippen LogP contribution in [0.4, 0.5) is 5.69 Å². The molecule has 1 aromatic heterocycles. The van der Waals surface area contributed by atoms with Gasteiger partial charge in [0.25, 0.3) is 17.4 Å². The van der Waals surface area contributed by atoms with Gasteiger partial charge < -0.3 is 20.4 Å². The highest BCUT2D eigenvalue weighted by atomic mass is 16.5. The van der Waals surface area contributed by atoms with Crippen LogP contribution in [0.25, 0.3) is 0 Å². The van der Waals surface area contributed by atoms with Crippen LogP contribution < -0.4 is 26.2 Å². The number of hydrogen-bond donors (Lipinski definition) is 4. The maximum absolute atomic E-state index is 12.5. The number of H-pyrrole nitrogens is 1. The average Bonchev–Trinajstić information content (AvgIpc) is 3.23.